The van der Waals surface area contributed by atoms with Gasteiger partial charge < -0.3 is 15.2 Å². The summed E-state index contributed by atoms with van der Waals surface area (Å²) < 4.78 is 5.00. The fraction of sp³-hybridized carbons (Fsp3) is 0.300. The van der Waals surface area contributed by atoms with Gasteiger partial charge in [-0.3, -0.25) is 4.79 Å². The maximum Gasteiger partial charge on any atom is 0.317 e. The average molecular weight is 301 g/mol. The largest absolute Gasteiger partial charge is 0.494 e. The van der Waals surface area contributed by atoms with E-state index >= 15 is 0 Å². The molecule has 0 saturated carbocycles. The molecule has 0 heterocycles. The van der Waals surface area contributed by atoms with Crippen LogP contribution in [0.1, 0.15) is 5.56 Å². The van der Waals surface area contributed by atoms with Gasteiger partial charge in [0.2, 0.25) is 0 Å². The standard InChI is InChI=1S/C10H11Cl2NO3.ClH/c1-16-10-7(11)2-6(3-8(10)12)4-13-5-9(14)15;/h2-3,13H,4-5H2,1H3,(H,14,15);1H. The Hall–Kier alpha value is -0.680. The van der Waals surface area contributed by atoms with Crippen LogP contribution in [0.2, 0.25) is 10.0 Å². The molecule has 1 aromatic carbocycles. The first-order chi connectivity index (χ1) is 7.54. The molecule has 0 bridgehead atoms. The Morgan fingerprint density at radius 2 is 1.94 bits per heavy atom. The maximum absolute atomic E-state index is 10.3. The first-order valence-electron chi connectivity index (χ1n) is 4.49. The van der Waals surface area contributed by atoms with Crippen LogP contribution in [0, 0.1) is 0 Å². The van der Waals surface area contributed by atoms with Crippen LogP contribution < -0.4 is 10.1 Å². The minimum atomic E-state index is -0.911. The molecule has 0 fully saturated rings. The number of carboxylic acids is 1. The number of halogens is 3. The zero-order valence-electron chi connectivity index (χ0n) is 9.00. The van der Waals surface area contributed by atoms with Crippen LogP contribution in [0.15, 0.2) is 12.1 Å². The van der Waals surface area contributed by atoms with E-state index in [1.54, 1.807) is 12.1 Å². The summed E-state index contributed by atoms with van der Waals surface area (Å²) in [5, 5.41) is 12.0. The SMILES string of the molecule is COc1c(Cl)cc(CNCC(=O)O)cc1Cl.Cl. The normalized spacial score (nSPS) is 9.59. The first-order valence-corrected chi connectivity index (χ1v) is 5.24. The number of nitrogens with one attached hydrogen (secondary N) is 1. The molecule has 0 unspecified atom stereocenters. The van der Waals surface area contributed by atoms with Crippen molar-refractivity contribution in [3.63, 3.8) is 0 Å². The van der Waals surface area contributed by atoms with E-state index in [9.17, 15) is 4.79 Å². The Morgan fingerprint density at radius 3 is 2.35 bits per heavy atom. The smallest absolute Gasteiger partial charge is 0.317 e. The maximum atomic E-state index is 10.3. The van der Waals surface area contributed by atoms with E-state index in [1.807, 2.05) is 0 Å². The van der Waals surface area contributed by atoms with Gasteiger partial charge in [-0.15, -0.1) is 12.4 Å². The molecule has 0 spiro atoms. The zero-order chi connectivity index (χ0) is 12.1. The van der Waals surface area contributed by atoms with Crippen molar-refractivity contribution >= 4 is 41.6 Å². The van der Waals surface area contributed by atoms with Crippen LogP contribution in [-0.4, -0.2) is 24.7 Å². The Bertz CT molecular complexity index is 375. The minimum absolute atomic E-state index is 0. The number of benzene rings is 1. The summed E-state index contributed by atoms with van der Waals surface area (Å²) in [5.41, 5.74) is 0.803. The van der Waals surface area contributed by atoms with Crippen molar-refractivity contribution in [1.82, 2.24) is 5.32 Å². The second kappa shape index (κ2) is 7.61. The number of hydrogen-bond donors (Lipinski definition) is 2. The van der Waals surface area contributed by atoms with Crippen molar-refractivity contribution in [1.29, 1.82) is 0 Å². The summed E-state index contributed by atoms with van der Waals surface area (Å²) in [6.07, 6.45) is 0. The summed E-state index contributed by atoms with van der Waals surface area (Å²) in [6, 6.07) is 3.36. The summed E-state index contributed by atoms with van der Waals surface area (Å²) in [7, 11) is 1.48. The number of carboxylic acid groups (broad SMARTS) is 1. The molecule has 0 saturated heterocycles. The third-order valence-corrected chi connectivity index (χ3v) is 2.43. The third-order valence-electron chi connectivity index (χ3n) is 1.87. The first kappa shape index (κ1) is 16.3. The number of methoxy groups -OCH3 is 1. The summed E-state index contributed by atoms with van der Waals surface area (Å²) in [5.74, 6) is -0.490. The highest BCUT2D eigenvalue weighted by Crippen LogP contribution is 2.33. The minimum Gasteiger partial charge on any atom is -0.494 e. The molecular weight excluding hydrogens is 288 g/mol. The van der Waals surface area contributed by atoms with Crippen LogP contribution >= 0.6 is 35.6 Å². The molecule has 7 heteroatoms. The third kappa shape index (κ3) is 5.00. The zero-order valence-corrected chi connectivity index (χ0v) is 11.3. The molecular formula is C10H12Cl3NO3. The van der Waals surface area contributed by atoms with E-state index in [-0.39, 0.29) is 19.0 Å². The van der Waals surface area contributed by atoms with Crippen LogP contribution in [0.25, 0.3) is 0 Å². The second-order valence-electron chi connectivity index (χ2n) is 3.09. The molecule has 17 heavy (non-hydrogen) atoms. The lowest BCUT2D eigenvalue weighted by atomic mass is 10.2. The number of rotatable bonds is 5. The van der Waals surface area contributed by atoms with Gasteiger partial charge in [0.05, 0.1) is 23.7 Å². The number of ether oxygens (including phenoxy) is 1. The molecule has 2 N–H and O–H groups in total. The Morgan fingerprint density at radius 1 is 1.41 bits per heavy atom. The van der Waals surface area contributed by atoms with Gasteiger partial charge in [0.25, 0.3) is 0 Å². The van der Waals surface area contributed by atoms with Crippen molar-refractivity contribution in [3.8, 4) is 5.75 Å². The van der Waals surface area contributed by atoms with Gasteiger partial charge in [-0.1, -0.05) is 23.2 Å². The second-order valence-corrected chi connectivity index (χ2v) is 3.90. The van der Waals surface area contributed by atoms with Gasteiger partial charge in [0.15, 0.2) is 5.75 Å². The van der Waals surface area contributed by atoms with Gasteiger partial charge in [-0.2, -0.15) is 0 Å². The molecule has 4 nitrogen and oxygen atoms in total. The van der Waals surface area contributed by atoms with E-state index < -0.39 is 5.97 Å². The average Bonchev–Trinajstić information content (AvgIpc) is 2.16. The van der Waals surface area contributed by atoms with Gasteiger partial charge in [-0.05, 0) is 17.7 Å². The van der Waals surface area contributed by atoms with Crippen LogP contribution in [0.4, 0.5) is 0 Å². The van der Waals surface area contributed by atoms with Crippen molar-refractivity contribution in [2.75, 3.05) is 13.7 Å². The molecule has 0 aliphatic carbocycles. The molecule has 0 atom stereocenters. The molecule has 1 rings (SSSR count). The topological polar surface area (TPSA) is 58.6 Å². The van der Waals surface area contributed by atoms with Crippen LogP contribution in [0.5, 0.6) is 5.75 Å². The molecule has 0 aromatic heterocycles. The monoisotopic (exact) mass is 299 g/mol. The van der Waals surface area contributed by atoms with E-state index in [0.29, 0.717) is 22.3 Å². The lowest BCUT2D eigenvalue weighted by molar-refractivity contribution is -0.135. The van der Waals surface area contributed by atoms with Crippen LogP contribution in [-0.2, 0) is 11.3 Å². The Labute approximate surface area is 115 Å². The molecule has 1 aromatic rings. The molecule has 96 valence electrons. The van der Waals surface area contributed by atoms with E-state index in [4.69, 9.17) is 33.0 Å². The van der Waals surface area contributed by atoms with Crippen LogP contribution in [0.3, 0.4) is 0 Å². The van der Waals surface area contributed by atoms with Crippen molar-refractivity contribution < 1.29 is 14.6 Å². The fourth-order valence-electron chi connectivity index (χ4n) is 1.22. The van der Waals surface area contributed by atoms with Crippen molar-refractivity contribution in [3.05, 3.63) is 27.7 Å². The van der Waals surface area contributed by atoms with Crippen molar-refractivity contribution in [2.45, 2.75) is 6.54 Å². The Kier molecular flexibility index (Phi) is 7.30. The summed E-state index contributed by atoms with van der Waals surface area (Å²) in [4.78, 5) is 10.3. The van der Waals surface area contributed by atoms with E-state index in [2.05, 4.69) is 5.32 Å². The lowest BCUT2D eigenvalue weighted by Gasteiger charge is -2.08. The highest BCUT2D eigenvalue weighted by molar-refractivity contribution is 6.37. The predicted octanol–water partition coefficient (Wildman–Crippen LogP) is 2.60. The summed E-state index contributed by atoms with van der Waals surface area (Å²) >= 11 is 11.8. The fourth-order valence-corrected chi connectivity index (χ4v) is 1.91. The highest BCUT2D eigenvalue weighted by Gasteiger charge is 2.08. The predicted molar refractivity (Wildman–Crippen MR) is 69.6 cm³/mol. The van der Waals surface area contributed by atoms with Gasteiger partial charge >= 0.3 is 5.97 Å². The molecule has 0 radical (unpaired) electrons. The summed E-state index contributed by atoms with van der Waals surface area (Å²) in [6.45, 7) is 0.275. The highest BCUT2D eigenvalue weighted by atomic mass is 35.5. The van der Waals surface area contributed by atoms with E-state index in [1.165, 1.54) is 7.11 Å². The van der Waals surface area contributed by atoms with Gasteiger partial charge in [0.1, 0.15) is 0 Å². The van der Waals surface area contributed by atoms with Crippen molar-refractivity contribution in [2.24, 2.45) is 0 Å². The van der Waals surface area contributed by atoms with Gasteiger partial charge in [-0.25, -0.2) is 0 Å². The molecule has 0 aliphatic rings. The molecule has 0 aliphatic heterocycles. The lowest BCUT2D eigenvalue weighted by Crippen LogP contribution is -2.21. The quantitative estimate of drug-likeness (QED) is 0.877. The molecule has 0 amide bonds. The number of carbonyl (C=O) groups is 1. The van der Waals surface area contributed by atoms with Gasteiger partial charge in [0, 0.05) is 6.54 Å². The number of hydrogen-bond acceptors (Lipinski definition) is 3. The number of aliphatic carboxylic acids is 1. The van der Waals surface area contributed by atoms with E-state index in [0.717, 1.165) is 5.56 Å². The Balaban J connectivity index is 0.00000256.